The largest absolute Gasteiger partial charge is 0.470 e. The summed E-state index contributed by atoms with van der Waals surface area (Å²) in [6.45, 7) is 8.12. The second-order valence-electron chi connectivity index (χ2n) is 6.06. The normalized spacial score (nSPS) is 11.8. The molecule has 0 aliphatic heterocycles. The molecular formula is C17H18N2OS. The predicted molar refractivity (Wildman–Crippen MR) is 88.0 cm³/mol. The van der Waals surface area contributed by atoms with Gasteiger partial charge in [-0.15, -0.1) is 11.3 Å². The van der Waals surface area contributed by atoms with Crippen LogP contribution in [0.2, 0.25) is 0 Å². The van der Waals surface area contributed by atoms with Gasteiger partial charge < -0.3 is 4.74 Å². The lowest BCUT2D eigenvalue weighted by atomic mass is 10.2. The first-order valence-corrected chi connectivity index (χ1v) is 7.82. The highest BCUT2D eigenvalue weighted by Crippen LogP contribution is 2.33. The van der Waals surface area contributed by atoms with E-state index in [1.165, 1.54) is 5.56 Å². The van der Waals surface area contributed by atoms with E-state index in [0.29, 0.717) is 5.88 Å². The molecule has 0 aliphatic carbocycles. The molecule has 0 saturated carbocycles. The SMILES string of the molecule is Cc1ccc2nc(OC(C)(C)C)c(-c3cccs3)nc2c1. The van der Waals surface area contributed by atoms with Crippen molar-refractivity contribution in [3.05, 3.63) is 41.3 Å². The third kappa shape index (κ3) is 3.05. The lowest BCUT2D eigenvalue weighted by molar-refractivity contribution is 0.125. The molecule has 1 aromatic carbocycles. The molecule has 0 bridgehead atoms. The van der Waals surface area contributed by atoms with Crippen LogP contribution in [0.25, 0.3) is 21.6 Å². The number of fused-ring (bicyclic) bond motifs is 1. The lowest BCUT2D eigenvalue weighted by Gasteiger charge is -2.22. The zero-order chi connectivity index (χ0) is 15.0. The molecule has 0 N–H and O–H groups in total. The van der Waals surface area contributed by atoms with Gasteiger partial charge in [-0.2, -0.15) is 0 Å². The number of hydrogen-bond acceptors (Lipinski definition) is 4. The fourth-order valence-corrected chi connectivity index (χ4v) is 2.79. The quantitative estimate of drug-likeness (QED) is 0.678. The molecule has 0 fully saturated rings. The maximum absolute atomic E-state index is 6.03. The van der Waals surface area contributed by atoms with E-state index >= 15 is 0 Å². The Morgan fingerprint density at radius 3 is 2.52 bits per heavy atom. The van der Waals surface area contributed by atoms with Crippen LogP contribution in [-0.2, 0) is 0 Å². The zero-order valence-corrected chi connectivity index (χ0v) is 13.5. The van der Waals surface area contributed by atoms with Gasteiger partial charge in [-0.3, -0.25) is 0 Å². The summed E-state index contributed by atoms with van der Waals surface area (Å²) in [7, 11) is 0. The van der Waals surface area contributed by atoms with Gasteiger partial charge >= 0.3 is 0 Å². The van der Waals surface area contributed by atoms with Crippen molar-refractivity contribution < 1.29 is 4.74 Å². The summed E-state index contributed by atoms with van der Waals surface area (Å²) in [6.07, 6.45) is 0. The Morgan fingerprint density at radius 1 is 1.05 bits per heavy atom. The second kappa shape index (κ2) is 5.11. The van der Waals surface area contributed by atoms with Crippen molar-refractivity contribution in [2.45, 2.75) is 33.3 Å². The lowest BCUT2D eigenvalue weighted by Crippen LogP contribution is -2.24. The van der Waals surface area contributed by atoms with Crippen LogP contribution in [0.3, 0.4) is 0 Å². The maximum Gasteiger partial charge on any atom is 0.242 e. The number of thiophene rings is 1. The van der Waals surface area contributed by atoms with Gasteiger partial charge in [0.25, 0.3) is 0 Å². The number of aromatic nitrogens is 2. The van der Waals surface area contributed by atoms with Crippen LogP contribution in [-0.4, -0.2) is 15.6 Å². The summed E-state index contributed by atoms with van der Waals surface area (Å²) in [5.41, 5.74) is 3.45. The smallest absolute Gasteiger partial charge is 0.242 e. The first-order valence-electron chi connectivity index (χ1n) is 6.94. The van der Waals surface area contributed by atoms with Crippen molar-refractivity contribution in [1.82, 2.24) is 9.97 Å². The van der Waals surface area contributed by atoms with Crippen LogP contribution in [0, 0.1) is 6.92 Å². The summed E-state index contributed by atoms with van der Waals surface area (Å²) in [5.74, 6) is 0.598. The summed E-state index contributed by atoms with van der Waals surface area (Å²) >= 11 is 1.65. The van der Waals surface area contributed by atoms with E-state index in [1.54, 1.807) is 11.3 Å². The number of ether oxygens (including phenoxy) is 1. The first kappa shape index (κ1) is 14.0. The van der Waals surface area contributed by atoms with Crippen LogP contribution in [0.1, 0.15) is 26.3 Å². The van der Waals surface area contributed by atoms with E-state index < -0.39 is 0 Å². The third-order valence-corrected chi connectivity index (χ3v) is 3.82. The Labute approximate surface area is 128 Å². The van der Waals surface area contributed by atoms with Gasteiger partial charge in [-0.25, -0.2) is 9.97 Å². The Balaban J connectivity index is 2.22. The van der Waals surface area contributed by atoms with Gasteiger partial charge in [0.05, 0.1) is 15.9 Å². The van der Waals surface area contributed by atoms with Crippen molar-refractivity contribution in [3.8, 4) is 16.5 Å². The summed E-state index contributed by atoms with van der Waals surface area (Å²) in [5, 5.41) is 2.04. The molecule has 0 aliphatic rings. The Bertz CT molecular complexity index is 773. The molecule has 21 heavy (non-hydrogen) atoms. The van der Waals surface area contributed by atoms with Gasteiger partial charge in [-0.1, -0.05) is 12.1 Å². The molecule has 0 atom stereocenters. The van der Waals surface area contributed by atoms with E-state index in [0.717, 1.165) is 21.6 Å². The molecule has 4 heteroatoms. The summed E-state index contributed by atoms with van der Waals surface area (Å²) in [6, 6.07) is 10.2. The molecule has 0 radical (unpaired) electrons. The monoisotopic (exact) mass is 298 g/mol. The number of rotatable bonds is 2. The minimum Gasteiger partial charge on any atom is -0.470 e. The number of benzene rings is 1. The van der Waals surface area contributed by atoms with E-state index in [4.69, 9.17) is 9.72 Å². The zero-order valence-electron chi connectivity index (χ0n) is 12.7. The molecule has 3 nitrogen and oxygen atoms in total. The summed E-state index contributed by atoms with van der Waals surface area (Å²) in [4.78, 5) is 10.5. The number of nitrogens with zero attached hydrogens (tertiary/aromatic N) is 2. The highest BCUT2D eigenvalue weighted by atomic mass is 32.1. The van der Waals surface area contributed by atoms with Gasteiger partial charge in [0.1, 0.15) is 11.3 Å². The molecular weight excluding hydrogens is 280 g/mol. The van der Waals surface area contributed by atoms with E-state index in [-0.39, 0.29) is 5.60 Å². The van der Waals surface area contributed by atoms with Gasteiger partial charge in [-0.05, 0) is 56.8 Å². The average Bonchev–Trinajstić information content (AvgIpc) is 2.90. The van der Waals surface area contributed by atoms with Crippen LogP contribution < -0.4 is 4.74 Å². The maximum atomic E-state index is 6.03. The predicted octanol–water partition coefficient (Wildman–Crippen LogP) is 4.84. The molecule has 108 valence electrons. The minimum absolute atomic E-state index is 0.306. The van der Waals surface area contributed by atoms with Gasteiger partial charge in [0, 0.05) is 0 Å². The topological polar surface area (TPSA) is 35.0 Å². The highest BCUT2D eigenvalue weighted by molar-refractivity contribution is 7.13. The molecule has 3 rings (SSSR count). The first-order chi connectivity index (χ1) is 9.92. The fraction of sp³-hybridized carbons (Fsp3) is 0.294. The fourth-order valence-electron chi connectivity index (χ4n) is 2.08. The highest BCUT2D eigenvalue weighted by Gasteiger charge is 2.19. The van der Waals surface area contributed by atoms with Crippen molar-refractivity contribution in [3.63, 3.8) is 0 Å². The Hall–Kier alpha value is -1.94. The van der Waals surface area contributed by atoms with Crippen molar-refractivity contribution in [1.29, 1.82) is 0 Å². The second-order valence-corrected chi connectivity index (χ2v) is 7.01. The van der Waals surface area contributed by atoms with E-state index in [2.05, 4.69) is 18.0 Å². The molecule has 2 heterocycles. The number of hydrogen-bond donors (Lipinski definition) is 0. The van der Waals surface area contributed by atoms with Crippen molar-refractivity contribution >= 4 is 22.4 Å². The molecule has 3 aromatic rings. The molecule has 0 spiro atoms. The van der Waals surface area contributed by atoms with Crippen LogP contribution in [0.4, 0.5) is 0 Å². The van der Waals surface area contributed by atoms with E-state index in [1.807, 2.05) is 50.4 Å². The van der Waals surface area contributed by atoms with Gasteiger partial charge in [0.2, 0.25) is 5.88 Å². The average molecular weight is 298 g/mol. The molecule has 0 saturated heterocycles. The Kier molecular flexibility index (Phi) is 3.41. The minimum atomic E-state index is -0.306. The van der Waals surface area contributed by atoms with Crippen LogP contribution in [0.5, 0.6) is 5.88 Å². The van der Waals surface area contributed by atoms with E-state index in [9.17, 15) is 0 Å². The van der Waals surface area contributed by atoms with Crippen molar-refractivity contribution in [2.24, 2.45) is 0 Å². The molecule has 0 amide bonds. The standard InChI is InChI=1S/C17H18N2OS/c1-11-7-8-12-13(10-11)18-15(14-6-5-9-21-14)16(19-12)20-17(2,3)4/h5-10H,1-4H3. The van der Waals surface area contributed by atoms with Crippen LogP contribution in [0.15, 0.2) is 35.7 Å². The number of aryl methyl sites for hydroxylation is 1. The third-order valence-electron chi connectivity index (χ3n) is 2.95. The van der Waals surface area contributed by atoms with Crippen molar-refractivity contribution in [2.75, 3.05) is 0 Å². The van der Waals surface area contributed by atoms with Gasteiger partial charge in [0.15, 0.2) is 0 Å². The Morgan fingerprint density at radius 2 is 1.86 bits per heavy atom. The van der Waals surface area contributed by atoms with Crippen LogP contribution >= 0.6 is 11.3 Å². The summed E-state index contributed by atoms with van der Waals surface area (Å²) < 4.78 is 6.03. The molecule has 2 aromatic heterocycles. The molecule has 0 unspecified atom stereocenters.